The third kappa shape index (κ3) is 4.13. The summed E-state index contributed by atoms with van der Waals surface area (Å²) >= 11 is 5.84. The van der Waals surface area contributed by atoms with Crippen molar-refractivity contribution in [1.29, 1.82) is 0 Å². The first kappa shape index (κ1) is 19.9. The molecule has 0 amide bonds. The number of hydrogen-bond acceptors (Lipinski definition) is 0. The summed E-state index contributed by atoms with van der Waals surface area (Å²) in [5, 5.41) is 0.199. The Balaban J connectivity index is 1.42. The molecule has 0 N–H and O–H groups in total. The van der Waals surface area contributed by atoms with E-state index in [1.165, 1.54) is 0 Å². The third-order valence-corrected chi connectivity index (χ3v) is 7.38. The van der Waals surface area contributed by atoms with Crippen molar-refractivity contribution in [3.8, 4) is 0 Å². The van der Waals surface area contributed by atoms with Crippen molar-refractivity contribution in [2.45, 2.75) is 70.1 Å². The minimum atomic E-state index is -0.313. The number of aryl methyl sites for hydroxylation is 1. The van der Waals surface area contributed by atoms with Gasteiger partial charge in [-0.25, -0.2) is 8.78 Å². The van der Waals surface area contributed by atoms with Crippen LogP contribution in [0.25, 0.3) is 0 Å². The molecule has 0 heterocycles. The molecule has 0 nitrogen and oxygen atoms in total. The van der Waals surface area contributed by atoms with Gasteiger partial charge in [-0.1, -0.05) is 43.1 Å². The second-order valence-electron chi connectivity index (χ2n) is 8.82. The maximum absolute atomic E-state index is 14.7. The van der Waals surface area contributed by atoms with Crippen molar-refractivity contribution in [1.82, 2.24) is 0 Å². The molecule has 0 aliphatic heterocycles. The topological polar surface area (TPSA) is 0 Å². The molecule has 2 aliphatic rings. The monoisotopic (exact) mass is 402 g/mol. The molecule has 4 atom stereocenters. The normalized spacial score (nSPS) is 27.4. The summed E-state index contributed by atoms with van der Waals surface area (Å²) in [6, 6.07) is 11.2. The van der Waals surface area contributed by atoms with Gasteiger partial charge in [-0.2, -0.15) is 0 Å². The highest BCUT2D eigenvalue weighted by Crippen LogP contribution is 2.50. The number of halogens is 3. The fourth-order valence-electron chi connectivity index (χ4n) is 5.59. The van der Waals surface area contributed by atoms with E-state index in [1.54, 1.807) is 18.2 Å². The number of hydrogen-bond donors (Lipinski definition) is 0. The molecule has 2 aliphatic carbocycles. The van der Waals surface area contributed by atoms with Crippen LogP contribution in [0.4, 0.5) is 8.78 Å². The van der Waals surface area contributed by atoms with Gasteiger partial charge >= 0.3 is 0 Å². The van der Waals surface area contributed by atoms with Crippen molar-refractivity contribution in [3.05, 3.63) is 69.7 Å². The Bertz CT molecular complexity index is 831. The third-order valence-electron chi connectivity index (χ3n) is 7.07. The zero-order valence-corrected chi connectivity index (χ0v) is 17.3. The highest BCUT2D eigenvalue weighted by Gasteiger charge is 2.37. The first-order valence-corrected chi connectivity index (χ1v) is 11.2. The quantitative estimate of drug-likeness (QED) is 0.485. The second-order valence-corrected chi connectivity index (χ2v) is 9.23. The summed E-state index contributed by atoms with van der Waals surface area (Å²) < 4.78 is 28.5. The van der Waals surface area contributed by atoms with Crippen LogP contribution in [-0.4, -0.2) is 0 Å². The molecule has 0 radical (unpaired) electrons. The standard InChI is InChI=1S/C25H29ClF2/c1-2-3-16-4-10-22(24(27)12-16)21-8-7-17-13-18(5-6-19(17)14-21)20-9-11-23(26)25(28)15-20/h4,9-12,15,17-19,21H,2-3,5-8,13-14H2,1H3. The van der Waals surface area contributed by atoms with Gasteiger partial charge in [0.05, 0.1) is 5.02 Å². The van der Waals surface area contributed by atoms with E-state index >= 15 is 0 Å². The van der Waals surface area contributed by atoms with Crippen LogP contribution in [0.15, 0.2) is 36.4 Å². The minimum Gasteiger partial charge on any atom is -0.207 e. The molecule has 2 saturated carbocycles. The summed E-state index contributed by atoms with van der Waals surface area (Å²) in [6.07, 6.45) is 8.67. The smallest absolute Gasteiger partial charge is 0.142 e. The van der Waals surface area contributed by atoms with Crippen LogP contribution < -0.4 is 0 Å². The second kappa shape index (κ2) is 8.53. The van der Waals surface area contributed by atoms with Crippen molar-refractivity contribution in [2.24, 2.45) is 11.8 Å². The number of benzene rings is 2. The molecular weight excluding hydrogens is 374 g/mol. The lowest BCUT2D eigenvalue weighted by Crippen LogP contribution is -2.30. The lowest BCUT2D eigenvalue weighted by Gasteiger charge is -2.42. The van der Waals surface area contributed by atoms with E-state index in [4.69, 9.17) is 11.6 Å². The van der Waals surface area contributed by atoms with E-state index in [-0.39, 0.29) is 16.7 Å². The molecular formula is C25H29ClF2. The lowest BCUT2D eigenvalue weighted by atomic mass is 9.63. The van der Waals surface area contributed by atoms with Crippen molar-refractivity contribution in [3.63, 3.8) is 0 Å². The van der Waals surface area contributed by atoms with Gasteiger partial charge in [-0.05, 0) is 104 Å². The molecule has 28 heavy (non-hydrogen) atoms. The number of fused-ring (bicyclic) bond motifs is 1. The van der Waals surface area contributed by atoms with Gasteiger partial charge in [0.1, 0.15) is 11.6 Å². The molecule has 0 bridgehead atoms. The Labute approximate surface area is 172 Å². The molecule has 2 aromatic rings. The Kier molecular flexibility index (Phi) is 6.06. The van der Waals surface area contributed by atoms with Crippen LogP contribution in [-0.2, 0) is 6.42 Å². The van der Waals surface area contributed by atoms with Gasteiger partial charge in [0.25, 0.3) is 0 Å². The SMILES string of the molecule is CCCc1ccc(C2CCC3CC(c4ccc(Cl)c(F)c4)CCC3C2)c(F)c1. The fourth-order valence-corrected chi connectivity index (χ4v) is 5.70. The average molecular weight is 403 g/mol. The van der Waals surface area contributed by atoms with Crippen molar-refractivity contribution >= 4 is 11.6 Å². The summed E-state index contributed by atoms with van der Waals surface area (Å²) in [7, 11) is 0. The van der Waals surface area contributed by atoms with Crippen molar-refractivity contribution < 1.29 is 8.78 Å². The van der Waals surface area contributed by atoms with Crippen LogP contribution in [0.2, 0.25) is 5.02 Å². The zero-order valence-electron chi connectivity index (χ0n) is 16.6. The van der Waals surface area contributed by atoms with Crippen LogP contribution in [0.1, 0.15) is 80.4 Å². The van der Waals surface area contributed by atoms with Crippen LogP contribution >= 0.6 is 11.6 Å². The van der Waals surface area contributed by atoms with Gasteiger partial charge in [0.15, 0.2) is 0 Å². The van der Waals surface area contributed by atoms with Gasteiger partial charge in [-0.3, -0.25) is 0 Å². The summed E-state index contributed by atoms with van der Waals surface area (Å²) in [4.78, 5) is 0. The minimum absolute atomic E-state index is 0.0141. The first-order valence-electron chi connectivity index (χ1n) is 10.8. The lowest BCUT2D eigenvalue weighted by molar-refractivity contribution is 0.140. The Morgan fingerprint density at radius 2 is 1.57 bits per heavy atom. The van der Waals surface area contributed by atoms with E-state index in [2.05, 4.69) is 13.0 Å². The highest BCUT2D eigenvalue weighted by atomic mass is 35.5. The van der Waals surface area contributed by atoms with E-state index in [9.17, 15) is 8.78 Å². The van der Waals surface area contributed by atoms with Gasteiger partial charge in [-0.15, -0.1) is 0 Å². The average Bonchev–Trinajstić information content (AvgIpc) is 2.70. The van der Waals surface area contributed by atoms with Gasteiger partial charge in [0, 0.05) is 0 Å². The molecule has 2 fully saturated rings. The fraction of sp³-hybridized carbons (Fsp3) is 0.520. The van der Waals surface area contributed by atoms with E-state index in [0.717, 1.165) is 68.1 Å². The maximum Gasteiger partial charge on any atom is 0.142 e. The molecule has 4 unspecified atom stereocenters. The Morgan fingerprint density at radius 3 is 2.25 bits per heavy atom. The van der Waals surface area contributed by atoms with Gasteiger partial charge in [0.2, 0.25) is 0 Å². The highest BCUT2D eigenvalue weighted by molar-refractivity contribution is 6.30. The van der Waals surface area contributed by atoms with E-state index in [0.29, 0.717) is 23.7 Å². The molecule has 3 heteroatoms. The molecule has 0 saturated heterocycles. The van der Waals surface area contributed by atoms with E-state index in [1.807, 2.05) is 12.1 Å². The Morgan fingerprint density at radius 1 is 0.857 bits per heavy atom. The zero-order chi connectivity index (χ0) is 19.7. The summed E-state index contributed by atoms with van der Waals surface area (Å²) in [5.41, 5.74) is 3.10. The molecule has 0 spiro atoms. The predicted molar refractivity (Wildman–Crippen MR) is 112 cm³/mol. The summed E-state index contributed by atoms with van der Waals surface area (Å²) in [6.45, 7) is 2.13. The van der Waals surface area contributed by atoms with Crippen LogP contribution in [0, 0.1) is 23.5 Å². The Hall–Kier alpha value is -1.41. The molecule has 150 valence electrons. The molecule has 2 aromatic carbocycles. The largest absolute Gasteiger partial charge is 0.207 e. The van der Waals surface area contributed by atoms with Gasteiger partial charge < -0.3 is 0 Å². The number of rotatable bonds is 4. The van der Waals surface area contributed by atoms with Crippen LogP contribution in [0.3, 0.4) is 0 Å². The predicted octanol–water partition coefficient (Wildman–Crippen LogP) is 8.04. The molecule has 0 aromatic heterocycles. The molecule has 4 rings (SSSR count). The van der Waals surface area contributed by atoms with Crippen molar-refractivity contribution in [2.75, 3.05) is 0 Å². The summed E-state index contributed by atoms with van der Waals surface area (Å²) in [5.74, 6) is 1.79. The van der Waals surface area contributed by atoms with Crippen LogP contribution in [0.5, 0.6) is 0 Å². The van der Waals surface area contributed by atoms with E-state index < -0.39 is 0 Å². The first-order chi connectivity index (χ1) is 13.5. The maximum atomic E-state index is 14.7.